The summed E-state index contributed by atoms with van der Waals surface area (Å²) in [6, 6.07) is 13.6. The van der Waals surface area contributed by atoms with Crippen LogP contribution >= 0.6 is 0 Å². The van der Waals surface area contributed by atoms with Crippen molar-refractivity contribution in [2.24, 2.45) is 0 Å². The summed E-state index contributed by atoms with van der Waals surface area (Å²) in [4.78, 5) is 18.5. The van der Waals surface area contributed by atoms with Crippen molar-refractivity contribution in [3.63, 3.8) is 0 Å². The standard InChI is InChI=1S/C21H25BN4O2/c22-18-6-3-17-14-25(11-9-16(17)13-18)10-1-2-12-28-19-7-4-15-5-8-20(27)26(23)21(15)24-19/h3-8,13H,1-2,9-12,14,22-23H2. The Morgan fingerprint density at radius 1 is 1.11 bits per heavy atom. The summed E-state index contributed by atoms with van der Waals surface area (Å²) < 4.78 is 6.82. The van der Waals surface area contributed by atoms with Crippen molar-refractivity contribution in [3.8, 4) is 5.88 Å². The summed E-state index contributed by atoms with van der Waals surface area (Å²) in [6.45, 7) is 3.84. The summed E-state index contributed by atoms with van der Waals surface area (Å²) in [6.07, 6.45) is 3.17. The first kappa shape index (κ1) is 18.6. The molecule has 0 atom stereocenters. The van der Waals surface area contributed by atoms with Gasteiger partial charge in [0, 0.05) is 30.6 Å². The normalized spacial score (nSPS) is 14.1. The molecule has 0 saturated carbocycles. The van der Waals surface area contributed by atoms with E-state index in [0.29, 0.717) is 18.1 Å². The number of rotatable bonds is 6. The van der Waals surface area contributed by atoms with Crippen LogP contribution in [0.3, 0.4) is 0 Å². The topological polar surface area (TPSA) is 73.4 Å². The number of unbranched alkanes of at least 4 members (excludes halogenated alkanes) is 1. The van der Waals surface area contributed by atoms with Gasteiger partial charge in [-0.1, -0.05) is 23.7 Å². The smallest absolute Gasteiger partial charge is 0.270 e. The van der Waals surface area contributed by atoms with Gasteiger partial charge in [-0.25, -0.2) is 4.68 Å². The minimum Gasteiger partial charge on any atom is -0.478 e. The molecule has 1 aromatic carbocycles. The Labute approximate surface area is 165 Å². The van der Waals surface area contributed by atoms with E-state index in [2.05, 4.69) is 35.9 Å². The zero-order chi connectivity index (χ0) is 19.5. The quantitative estimate of drug-likeness (QED) is 0.387. The van der Waals surface area contributed by atoms with Crippen LogP contribution < -0.4 is 21.6 Å². The van der Waals surface area contributed by atoms with Crippen LogP contribution in [0.4, 0.5) is 0 Å². The highest BCUT2D eigenvalue weighted by Crippen LogP contribution is 2.18. The molecule has 0 aliphatic carbocycles. The molecule has 0 saturated heterocycles. The summed E-state index contributed by atoms with van der Waals surface area (Å²) in [5.74, 6) is 6.27. The van der Waals surface area contributed by atoms with Crippen LogP contribution in [0.1, 0.15) is 24.0 Å². The third kappa shape index (κ3) is 4.04. The molecule has 3 aromatic rings. The maximum atomic E-state index is 11.6. The average Bonchev–Trinajstić information content (AvgIpc) is 2.71. The Balaban J connectivity index is 1.25. The van der Waals surface area contributed by atoms with Gasteiger partial charge in [0.25, 0.3) is 5.56 Å². The van der Waals surface area contributed by atoms with E-state index in [9.17, 15) is 4.79 Å². The number of hydrogen-bond acceptors (Lipinski definition) is 5. The third-order valence-corrected chi connectivity index (χ3v) is 5.32. The Bertz CT molecular complexity index is 1050. The van der Waals surface area contributed by atoms with Gasteiger partial charge in [0.2, 0.25) is 5.88 Å². The first-order valence-electron chi connectivity index (χ1n) is 9.81. The van der Waals surface area contributed by atoms with Crippen LogP contribution in [0, 0.1) is 0 Å². The van der Waals surface area contributed by atoms with Gasteiger partial charge < -0.3 is 10.6 Å². The lowest BCUT2D eigenvalue weighted by molar-refractivity contribution is 0.233. The van der Waals surface area contributed by atoms with Crippen LogP contribution in [0.15, 0.2) is 47.3 Å². The highest BCUT2D eigenvalue weighted by molar-refractivity contribution is 6.32. The zero-order valence-electron chi connectivity index (χ0n) is 16.2. The number of pyridine rings is 2. The molecule has 6 nitrogen and oxygen atoms in total. The molecule has 7 heteroatoms. The molecule has 0 spiro atoms. The monoisotopic (exact) mass is 376 g/mol. The van der Waals surface area contributed by atoms with Crippen LogP contribution in [-0.2, 0) is 13.0 Å². The average molecular weight is 376 g/mol. The molecule has 1 aliphatic heterocycles. The molecule has 0 fully saturated rings. The molecule has 144 valence electrons. The fourth-order valence-electron chi connectivity index (χ4n) is 3.74. The highest BCUT2D eigenvalue weighted by atomic mass is 16.5. The van der Waals surface area contributed by atoms with Gasteiger partial charge in [0.05, 0.1) is 6.61 Å². The van der Waals surface area contributed by atoms with Gasteiger partial charge in [0.1, 0.15) is 7.85 Å². The minimum absolute atomic E-state index is 0.282. The van der Waals surface area contributed by atoms with E-state index < -0.39 is 0 Å². The summed E-state index contributed by atoms with van der Waals surface area (Å²) in [5, 5.41) is 0.815. The molecule has 0 unspecified atom stereocenters. The molecule has 1 aliphatic rings. The van der Waals surface area contributed by atoms with Crippen LogP contribution in [0.5, 0.6) is 5.88 Å². The Morgan fingerprint density at radius 2 is 1.96 bits per heavy atom. The predicted molar refractivity (Wildman–Crippen MR) is 114 cm³/mol. The van der Waals surface area contributed by atoms with E-state index >= 15 is 0 Å². The maximum absolute atomic E-state index is 11.6. The Morgan fingerprint density at radius 3 is 2.86 bits per heavy atom. The minimum atomic E-state index is -0.282. The van der Waals surface area contributed by atoms with E-state index in [1.165, 1.54) is 22.7 Å². The zero-order valence-corrected chi connectivity index (χ0v) is 16.2. The van der Waals surface area contributed by atoms with Crippen LogP contribution in [0.2, 0.25) is 0 Å². The number of nitrogen functional groups attached to an aromatic ring is 1. The lowest BCUT2D eigenvalue weighted by Crippen LogP contribution is -2.32. The second kappa shape index (κ2) is 8.06. The fraction of sp³-hybridized carbons (Fsp3) is 0.333. The van der Waals surface area contributed by atoms with Crippen LogP contribution in [-0.4, -0.2) is 42.1 Å². The van der Waals surface area contributed by atoms with Crippen molar-refractivity contribution in [2.75, 3.05) is 25.5 Å². The molecule has 0 radical (unpaired) electrons. The molecule has 0 bridgehead atoms. The lowest BCUT2D eigenvalue weighted by Gasteiger charge is -2.29. The summed E-state index contributed by atoms with van der Waals surface area (Å²) >= 11 is 0. The molecule has 4 rings (SSSR count). The molecule has 2 N–H and O–H groups in total. The number of ether oxygens (including phenoxy) is 1. The number of benzene rings is 1. The van der Waals surface area contributed by atoms with Gasteiger partial charge in [-0.3, -0.25) is 9.69 Å². The number of aromatic nitrogens is 2. The first-order chi connectivity index (χ1) is 13.6. The van der Waals surface area contributed by atoms with E-state index in [0.717, 1.165) is 49.0 Å². The molecule has 0 amide bonds. The van der Waals surface area contributed by atoms with Gasteiger partial charge in [-0.2, -0.15) is 4.98 Å². The molecule has 3 heterocycles. The third-order valence-electron chi connectivity index (χ3n) is 5.32. The van der Waals surface area contributed by atoms with E-state index in [1.807, 2.05) is 12.1 Å². The van der Waals surface area contributed by atoms with Gasteiger partial charge >= 0.3 is 0 Å². The van der Waals surface area contributed by atoms with Gasteiger partial charge in [-0.15, -0.1) is 0 Å². The lowest BCUT2D eigenvalue weighted by atomic mass is 9.89. The molecule has 28 heavy (non-hydrogen) atoms. The molecule has 2 aromatic heterocycles. The van der Waals surface area contributed by atoms with Crippen molar-refractivity contribution >= 4 is 24.3 Å². The predicted octanol–water partition coefficient (Wildman–Crippen LogP) is 0.586. The van der Waals surface area contributed by atoms with Gasteiger partial charge in [-0.05, 0) is 49.1 Å². The molecular weight excluding hydrogens is 351 g/mol. The number of fused-ring (bicyclic) bond motifs is 2. The summed E-state index contributed by atoms with van der Waals surface area (Å²) in [7, 11) is 2.16. The van der Waals surface area contributed by atoms with E-state index in [-0.39, 0.29) is 5.56 Å². The van der Waals surface area contributed by atoms with Crippen molar-refractivity contribution in [1.82, 2.24) is 14.6 Å². The SMILES string of the molecule is Bc1ccc2c(c1)CCN(CCCCOc1ccc3ccc(=O)n(N)c3n1)C2. The Hall–Kier alpha value is -2.80. The van der Waals surface area contributed by atoms with Crippen LogP contribution in [0.25, 0.3) is 11.0 Å². The fourth-order valence-corrected chi connectivity index (χ4v) is 3.74. The summed E-state index contributed by atoms with van der Waals surface area (Å²) in [5.41, 5.74) is 4.46. The Kier molecular flexibility index (Phi) is 5.35. The number of nitrogens with two attached hydrogens (primary N) is 1. The number of nitrogens with zero attached hydrogens (tertiary/aromatic N) is 3. The van der Waals surface area contributed by atoms with Gasteiger partial charge in [0.15, 0.2) is 5.65 Å². The second-order valence-corrected chi connectivity index (χ2v) is 7.46. The van der Waals surface area contributed by atoms with E-state index in [4.69, 9.17) is 10.6 Å². The second-order valence-electron chi connectivity index (χ2n) is 7.46. The van der Waals surface area contributed by atoms with Crippen molar-refractivity contribution in [1.29, 1.82) is 0 Å². The number of hydrogen-bond donors (Lipinski definition) is 1. The largest absolute Gasteiger partial charge is 0.478 e. The van der Waals surface area contributed by atoms with E-state index in [1.54, 1.807) is 6.07 Å². The van der Waals surface area contributed by atoms with Crippen molar-refractivity contribution in [3.05, 3.63) is 63.9 Å². The highest BCUT2D eigenvalue weighted by Gasteiger charge is 2.15. The first-order valence-corrected chi connectivity index (χ1v) is 9.81. The maximum Gasteiger partial charge on any atom is 0.270 e. The van der Waals surface area contributed by atoms with Crippen molar-refractivity contribution < 1.29 is 4.74 Å². The molecular formula is C21H25BN4O2. The van der Waals surface area contributed by atoms with Crippen molar-refractivity contribution in [2.45, 2.75) is 25.8 Å².